The molecule has 1 aliphatic heterocycles. The van der Waals surface area contributed by atoms with E-state index in [1.54, 1.807) is 0 Å². The van der Waals surface area contributed by atoms with Crippen molar-refractivity contribution in [3.63, 3.8) is 0 Å². The lowest BCUT2D eigenvalue weighted by Crippen LogP contribution is -2.59. The van der Waals surface area contributed by atoms with Crippen molar-refractivity contribution in [3.8, 4) is 0 Å². The zero-order valence-corrected chi connectivity index (χ0v) is 14.4. The van der Waals surface area contributed by atoms with Gasteiger partial charge in [0.25, 0.3) is 0 Å². The highest BCUT2D eigenvalue weighted by molar-refractivity contribution is 6.04. The predicted octanol–water partition coefficient (Wildman–Crippen LogP) is 2.10. The van der Waals surface area contributed by atoms with E-state index in [1.165, 1.54) is 4.90 Å². The second-order valence-corrected chi connectivity index (χ2v) is 7.57. The fraction of sp³-hybridized carbons (Fsp3) is 0.824. The molecule has 2 rings (SSSR count). The number of carbonyl (C=O) groups is 3. The van der Waals surface area contributed by atoms with Gasteiger partial charge in [-0.2, -0.15) is 0 Å². The second kappa shape index (κ2) is 5.67. The molecule has 5 heteroatoms. The SMILES string of the molecule is CCC(C)NC(=O)CCN1C(=O)C2CCC(C)(C1=O)C2(C)C. The van der Waals surface area contributed by atoms with Gasteiger partial charge in [-0.1, -0.05) is 27.7 Å². The van der Waals surface area contributed by atoms with Crippen molar-refractivity contribution in [2.45, 2.75) is 66.3 Å². The molecule has 0 spiro atoms. The Morgan fingerprint density at radius 1 is 1.36 bits per heavy atom. The van der Waals surface area contributed by atoms with Gasteiger partial charge in [0.1, 0.15) is 0 Å². The van der Waals surface area contributed by atoms with Crippen LogP contribution in [0.1, 0.15) is 60.3 Å². The summed E-state index contributed by atoms with van der Waals surface area (Å²) in [6.07, 6.45) is 2.57. The Kier molecular flexibility index (Phi) is 4.37. The van der Waals surface area contributed by atoms with Crippen LogP contribution in [0.5, 0.6) is 0 Å². The normalized spacial score (nSPS) is 31.3. The summed E-state index contributed by atoms with van der Waals surface area (Å²) < 4.78 is 0. The molecule has 3 atom stereocenters. The fourth-order valence-corrected chi connectivity index (χ4v) is 3.78. The summed E-state index contributed by atoms with van der Waals surface area (Å²) in [5, 5.41) is 2.87. The minimum atomic E-state index is -0.487. The van der Waals surface area contributed by atoms with Gasteiger partial charge in [-0.3, -0.25) is 19.3 Å². The van der Waals surface area contributed by atoms with Crippen molar-refractivity contribution >= 4 is 17.7 Å². The highest BCUT2D eigenvalue weighted by atomic mass is 16.2. The summed E-state index contributed by atoms with van der Waals surface area (Å²) in [4.78, 5) is 38.6. The summed E-state index contributed by atoms with van der Waals surface area (Å²) in [5.41, 5.74) is -0.782. The first-order valence-corrected chi connectivity index (χ1v) is 8.30. The molecule has 0 radical (unpaired) electrons. The van der Waals surface area contributed by atoms with Gasteiger partial charge < -0.3 is 5.32 Å². The molecule has 1 aliphatic carbocycles. The summed E-state index contributed by atoms with van der Waals surface area (Å²) in [6.45, 7) is 10.2. The molecule has 3 unspecified atom stereocenters. The monoisotopic (exact) mass is 308 g/mol. The Hall–Kier alpha value is -1.39. The molecule has 0 aromatic carbocycles. The molecule has 5 nitrogen and oxygen atoms in total. The van der Waals surface area contributed by atoms with Crippen LogP contribution in [0.25, 0.3) is 0 Å². The van der Waals surface area contributed by atoms with Crippen LogP contribution in [-0.4, -0.2) is 35.2 Å². The van der Waals surface area contributed by atoms with Crippen molar-refractivity contribution in [2.75, 3.05) is 6.54 Å². The van der Waals surface area contributed by atoms with Crippen molar-refractivity contribution in [3.05, 3.63) is 0 Å². The van der Waals surface area contributed by atoms with Crippen molar-refractivity contribution in [1.82, 2.24) is 10.2 Å². The molecule has 124 valence electrons. The summed E-state index contributed by atoms with van der Waals surface area (Å²) in [6, 6.07) is 0.118. The van der Waals surface area contributed by atoms with Gasteiger partial charge in [-0.25, -0.2) is 0 Å². The van der Waals surface area contributed by atoms with E-state index < -0.39 is 5.41 Å². The Morgan fingerprint density at radius 3 is 2.59 bits per heavy atom. The molecule has 1 N–H and O–H groups in total. The van der Waals surface area contributed by atoms with Gasteiger partial charge in [-0.15, -0.1) is 0 Å². The van der Waals surface area contributed by atoms with Gasteiger partial charge in [-0.05, 0) is 31.6 Å². The number of hydrogen-bond acceptors (Lipinski definition) is 3. The molecule has 2 fully saturated rings. The lowest BCUT2D eigenvalue weighted by atomic mass is 9.62. The zero-order valence-electron chi connectivity index (χ0n) is 14.4. The van der Waals surface area contributed by atoms with E-state index in [9.17, 15) is 14.4 Å². The Labute approximate surface area is 132 Å². The molecule has 1 saturated heterocycles. The van der Waals surface area contributed by atoms with Crippen molar-refractivity contribution in [2.24, 2.45) is 16.7 Å². The van der Waals surface area contributed by atoms with Crippen molar-refractivity contribution < 1.29 is 14.4 Å². The van der Waals surface area contributed by atoms with Crippen LogP contribution >= 0.6 is 0 Å². The molecule has 3 amide bonds. The van der Waals surface area contributed by atoms with E-state index in [0.717, 1.165) is 19.3 Å². The maximum absolute atomic E-state index is 12.8. The molecule has 2 aliphatic rings. The van der Waals surface area contributed by atoms with E-state index in [1.807, 2.05) is 34.6 Å². The maximum Gasteiger partial charge on any atom is 0.235 e. The number of hydrogen-bond donors (Lipinski definition) is 1. The van der Waals surface area contributed by atoms with Crippen LogP contribution in [0.2, 0.25) is 0 Å². The number of rotatable bonds is 5. The topological polar surface area (TPSA) is 66.5 Å². The number of nitrogens with zero attached hydrogens (tertiary/aromatic N) is 1. The average molecular weight is 308 g/mol. The molecule has 2 bridgehead atoms. The number of carbonyl (C=O) groups excluding carboxylic acids is 3. The van der Waals surface area contributed by atoms with Crippen LogP contribution in [0.3, 0.4) is 0 Å². The average Bonchev–Trinajstić information content (AvgIpc) is 2.63. The van der Waals surface area contributed by atoms with E-state index in [0.29, 0.717) is 0 Å². The summed E-state index contributed by atoms with van der Waals surface area (Å²) in [7, 11) is 0. The fourth-order valence-electron chi connectivity index (χ4n) is 3.78. The zero-order chi connectivity index (χ0) is 16.7. The van der Waals surface area contributed by atoms with Gasteiger partial charge >= 0.3 is 0 Å². The van der Waals surface area contributed by atoms with E-state index >= 15 is 0 Å². The third-order valence-electron chi connectivity index (χ3n) is 6.09. The Bertz CT molecular complexity index is 500. The standard InChI is InChI=1S/C17H28N2O3/c1-6-11(2)18-13(20)8-10-19-14(21)12-7-9-17(5,15(19)22)16(12,3)4/h11-12H,6-10H2,1-5H3,(H,18,20). The quantitative estimate of drug-likeness (QED) is 0.791. The molecule has 0 aromatic heterocycles. The molecule has 22 heavy (non-hydrogen) atoms. The number of piperidine rings is 1. The Balaban J connectivity index is 2.06. The van der Waals surface area contributed by atoms with Crippen LogP contribution < -0.4 is 5.32 Å². The number of likely N-dealkylation sites (tertiary alicyclic amines) is 1. The lowest BCUT2D eigenvalue weighted by Gasteiger charge is -2.47. The third-order valence-corrected chi connectivity index (χ3v) is 6.09. The second-order valence-electron chi connectivity index (χ2n) is 7.57. The molecule has 1 saturated carbocycles. The van der Waals surface area contributed by atoms with Gasteiger partial charge in [0.15, 0.2) is 0 Å². The van der Waals surface area contributed by atoms with E-state index in [2.05, 4.69) is 5.32 Å². The largest absolute Gasteiger partial charge is 0.354 e. The number of nitrogens with one attached hydrogen (secondary N) is 1. The van der Waals surface area contributed by atoms with Crippen LogP contribution in [-0.2, 0) is 14.4 Å². The first-order valence-electron chi connectivity index (χ1n) is 8.30. The Morgan fingerprint density at radius 2 is 2.00 bits per heavy atom. The lowest BCUT2D eigenvalue weighted by molar-refractivity contribution is -0.167. The minimum absolute atomic E-state index is 0.0960. The van der Waals surface area contributed by atoms with Gasteiger partial charge in [0.2, 0.25) is 17.7 Å². The molecule has 1 heterocycles. The van der Waals surface area contributed by atoms with E-state index in [-0.39, 0.29) is 48.1 Å². The highest BCUT2D eigenvalue weighted by Crippen LogP contribution is 2.59. The number of fused-ring (bicyclic) bond motifs is 2. The predicted molar refractivity (Wildman–Crippen MR) is 83.8 cm³/mol. The smallest absolute Gasteiger partial charge is 0.235 e. The van der Waals surface area contributed by atoms with Crippen LogP contribution in [0.15, 0.2) is 0 Å². The molecule has 0 aromatic rings. The number of imide groups is 1. The summed E-state index contributed by atoms with van der Waals surface area (Å²) in [5.74, 6) is -0.404. The summed E-state index contributed by atoms with van der Waals surface area (Å²) >= 11 is 0. The first kappa shape index (κ1) is 17.0. The van der Waals surface area contributed by atoms with Gasteiger partial charge in [0, 0.05) is 24.9 Å². The molecular formula is C17H28N2O3. The maximum atomic E-state index is 12.8. The van der Waals surface area contributed by atoms with Crippen LogP contribution in [0.4, 0.5) is 0 Å². The van der Waals surface area contributed by atoms with Crippen molar-refractivity contribution in [1.29, 1.82) is 0 Å². The molecular weight excluding hydrogens is 280 g/mol. The number of amides is 3. The first-order chi connectivity index (χ1) is 10.1. The van der Waals surface area contributed by atoms with Gasteiger partial charge in [0.05, 0.1) is 5.41 Å². The van der Waals surface area contributed by atoms with Crippen LogP contribution in [0, 0.1) is 16.7 Å². The highest BCUT2D eigenvalue weighted by Gasteiger charge is 2.64. The third kappa shape index (κ3) is 2.44. The minimum Gasteiger partial charge on any atom is -0.354 e. The van der Waals surface area contributed by atoms with E-state index in [4.69, 9.17) is 0 Å².